The second-order valence-electron chi connectivity index (χ2n) is 7.04. The van der Waals surface area contributed by atoms with Crippen LogP contribution in [0.3, 0.4) is 0 Å². The first kappa shape index (κ1) is 14.4. The Balaban J connectivity index is 2.04. The zero-order valence-corrected chi connectivity index (χ0v) is 13.3. The number of aromatic nitrogens is 2. The van der Waals surface area contributed by atoms with Gasteiger partial charge in [0.1, 0.15) is 0 Å². The van der Waals surface area contributed by atoms with Crippen LogP contribution in [-0.4, -0.2) is 9.97 Å². The normalized spacial score (nSPS) is 21.4. The van der Waals surface area contributed by atoms with Crippen LogP contribution >= 0.6 is 11.6 Å². The van der Waals surface area contributed by atoms with E-state index >= 15 is 0 Å². The summed E-state index contributed by atoms with van der Waals surface area (Å²) in [5.74, 6) is 0.374. The Morgan fingerprint density at radius 3 is 2.05 bits per heavy atom. The van der Waals surface area contributed by atoms with Gasteiger partial charge in [0.25, 0.3) is 0 Å². The van der Waals surface area contributed by atoms with Gasteiger partial charge in [-0.05, 0) is 34.4 Å². The third kappa shape index (κ3) is 1.96. The lowest BCUT2D eigenvalue weighted by Crippen LogP contribution is -2.28. The van der Waals surface area contributed by atoms with Crippen molar-refractivity contribution in [3.05, 3.63) is 44.5 Å². The molecule has 0 spiro atoms. The molecule has 1 aliphatic rings. The molecule has 1 fully saturated rings. The highest BCUT2D eigenvalue weighted by Crippen LogP contribution is 2.73. The van der Waals surface area contributed by atoms with E-state index in [1.165, 1.54) is 0 Å². The summed E-state index contributed by atoms with van der Waals surface area (Å²) in [6.45, 7) is 8.92. The van der Waals surface area contributed by atoms with Gasteiger partial charge in [0.2, 0.25) is 0 Å². The van der Waals surface area contributed by atoms with E-state index in [1.807, 2.05) is 12.1 Å². The third-order valence-corrected chi connectivity index (χ3v) is 5.99. The van der Waals surface area contributed by atoms with E-state index in [4.69, 9.17) is 11.6 Å². The topological polar surface area (TPSA) is 65.7 Å². The molecule has 21 heavy (non-hydrogen) atoms. The molecule has 0 bridgehead atoms. The Morgan fingerprint density at radius 2 is 1.52 bits per heavy atom. The van der Waals surface area contributed by atoms with Gasteiger partial charge in [-0.15, -0.1) is 11.6 Å². The lowest BCUT2D eigenvalue weighted by molar-refractivity contribution is 0.457. The van der Waals surface area contributed by atoms with Crippen LogP contribution in [0.2, 0.25) is 0 Å². The Morgan fingerprint density at radius 1 is 1.00 bits per heavy atom. The first-order valence-corrected chi connectivity index (χ1v) is 7.50. The number of rotatable bonds is 2. The van der Waals surface area contributed by atoms with Gasteiger partial charge < -0.3 is 9.97 Å². The van der Waals surface area contributed by atoms with Crippen LogP contribution < -0.4 is 11.1 Å². The fourth-order valence-corrected chi connectivity index (χ4v) is 4.24. The maximum absolute atomic E-state index is 11.4. The summed E-state index contributed by atoms with van der Waals surface area (Å²) in [7, 11) is 0. The highest BCUT2D eigenvalue weighted by atomic mass is 35.5. The summed E-state index contributed by atoms with van der Waals surface area (Å²) in [6.07, 6.45) is 0. The summed E-state index contributed by atoms with van der Waals surface area (Å²) < 4.78 is 0. The first-order valence-electron chi connectivity index (χ1n) is 7.06. The molecule has 1 aromatic heterocycles. The van der Waals surface area contributed by atoms with Gasteiger partial charge in [-0.25, -0.2) is 0 Å². The van der Waals surface area contributed by atoms with Crippen LogP contribution in [0.1, 0.15) is 38.6 Å². The number of aromatic amines is 2. The number of benzene rings is 1. The molecule has 1 unspecified atom stereocenters. The minimum Gasteiger partial charge on any atom is -0.316 e. The SMILES string of the molecule is CC1(C)C(C(Cl)c2ccc3[nH]c(=O)c(=O)[nH]c3c2)C1(C)C. The van der Waals surface area contributed by atoms with Crippen molar-refractivity contribution < 1.29 is 0 Å². The molecule has 1 aromatic carbocycles. The van der Waals surface area contributed by atoms with Crippen molar-refractivity contribution in [1.29, 1.82) is 0 Å². The van der Waals surface area contributed by atoms with Crippen molar-refractivity contribution in [3.63, 3.8) is 0 Å². The average Bonchev–Trinajstić information content (AvgIpc) is 2.80. The van der Waals surface area contributed by atoms with Gasteiger partial charge in [0, 0.05) is 0 Å². The average molecular weight is 307 g/mol. The zero-order valence-electron chi connectivity index (χ0n) is 12.6. The quantitative estimate of drug-likeness (QED) is 0.661. The van der Waals surface area contributed by atoms with E-state index in [9.17, 15) is 9.59 Å². The molecule has 5 heteroatoms. The van der Waals surface area contributed by atoms with Crippen LogP contribution in [-0.2, 0) is 0 Å². The van der Waals surface area contributed by atoms with Gasteiger partial charge in [-0.2, -0.15) is 0 Å². The predicted octanol–water partition coefficient (Wildman–Crippen LogP) is 3.18. The van der Waals surface area contributed by atoms with Crippen molar-refractivity contribution in [2.45, 2.75) is 33.1 Å². The van der Waals surface area contributed by atoms with Crippen molar-refractivity contribution in [2.75, 3.05) is 0 Å². The second-order valence-corrected chi connectivity index (χ2v) is 7.51. The van der Waals surface area contributed by atoms with Crippen molar-refractivity contribution in [2.24, 2.45) is 16.7 Å². The van der Waals surface area contributed by atoms with Crippen molar-refractivity contribution >= 4 is 22.6 Å². The molecule has 1 saturated carbocycles. The van der Waals surface area contributed by atoms with Gasteiger partial charge in [-0.3, -0.25) is 9.59 Å². The summed E-state index contributed by atoms with van der Waals surface area (Å²) in [5.41, 5.74) is 1.29. The van der Waals surface area contributed by atoms with E-state index in [0.717, 1.165) is 5.56 Å². The Labute approximate surface area is 127 Å². The molecule has 0 aliphatic heterocycles. The van der Waals surface area contributed by atoms with Crippen LogP contribution in [0.15, 0.2) is 27.8 Å². The minimum atomic E-state index is -0.641. The molecule has 0 radical (unpaired) electrons. The molecule has 2 N–H and O–H groups in total. The number of nitrogens with one attached hydrogen (secondary N) is 2. The second kappa shape index (κ2) is 4.23. The largest absolute Gasteiger partial charge is 0.316 e. The molecular formula is C16H19ClN2O2. The fourth-order valence-electron chi connectivity index (χ4n) is 3.48. The Kier molecular flexibility index (Phi) is 2.90. The summed E-state index contributed by atoms with van der Waals surface area (Å²) in [5, 5.41) is -0.116. The standard InChI is InChI=1S/C16H19ClN2O2/c1-15(2)12(16(15,3)4)11(17)8-5-6-9-10(7-8)19-14(21)13(20)18-9/h5-7,11-12H,1-4H3,(H,18,20)(H,19,21). The van der Waals surface area contributed by atoms with E-state index in [2.05, 4.69) is 37.7 Å². The molecule has 4 nitrogen and oxygen atoms in total. The van der Waals surface area contributed by atoms with Gasteiger partial charge in [0.15, 0.2) is 0 Å². The molecule has 3 rings (SSSR count). The third-order valence-electron chi connectivity index (χ3n) is 5.49. The van der Waals surface area contributed by atoms with E-state index < -0.39 is 11.1 Å². The Bertz CT molecular complexity index is 818. The minimum absolute atomic E-state index is 0.116. The van der Waals surface area contributed by atoms with Crippen LogP contribution in [0.4, 0.5) is 0 Å². The maximum Gasteiger partial charge on any atom is 0.314 e. The lowest BCUT2D eigenvalue weighted by Gasteiger charge is -2.12. The number of H-pyrrole nitrogens is 2. The molecule has 1 aliphatic carbocycles. The number of fused-ring (bicyclic) bond motifs is 1. The van der Waals surface area contributed by atoms with Crippen LogP contribution in [0.5, 0.6) is 0 Å². The van der Waals surface area contributed by atoms with Crippen LogP contribution in [0, 0.1) is 16.7 Å². The number of hydrogen-bond acceptors (Lipinski definition) is 2. The summed E-state index contributed by atoms with van der Waals surface area (Å²) in [4.78, 5) is 27.9. The van der Waals surface area contributed by atoms with Crippen molar-refractivity contribution in [1.82, 2.24) is 9.97 Å². The highest BCUT2D eigenvalue weighted by molar-refractivity contribution is 6.21. The lowest BCUT2D eigenvalue weighted by atomic mass is 10.0. The fraction of sp³-hybridized carbons (Fsp3) is 0.500. The molecule has 112 valence electrons. The number of alkyl halides is 1. The van der Waals surface area contributed by atoms with Gasteiger partial charge >= 0.3 is 11.1 Å². The first-order chi connectivity index (χ1) is 9.66. The summed E-state index contributed by atoms with van der Waals surface area (Å²) in [6, 6.07) is 5.56. The van der Waals surface area contributed by atoms with Crippen LogP contribution in [0.25, 0.3) is 11.0 Å². The molecule has 2 aromatic rings. The zero-order chi connectivity index (χ0) is 15.6. The molecular weight excluding hydrogens is 288 g/mol. The summed E-state index contributed by atoms with van der Waals surface area (Å²) >= 11 is 6.68. The van der Waals surface area contributed by atoms with E-state index in [1.54, 1.807) is 6.07 Å². The number of hydrogen-bond donors (Lipinski definition) is 2. The monoisotopic (exact) mass is 306 g/mol. The predicted molar refractivity (Wildman–Crippen MR) is 84.8 cm³/mol. The molecule has 0 amide bonds. The van der Waals surface area contributed by atoms with E-state index in [-0.39, 0.29) is 16.2 Å². The smallest absolute Gasteiger partial charge is 0.314 e. The molecule has 1 atom stereocenters. The Hall–Kier alpha value is -1.55. The van der Waals surface area contributed by atoms with E-state index in [0.29, 0.717) is 17.0 Å². The number of halogens is 1. The van der Waals surface area contributed by atoms with Gasteiger partial charge in [0.05, 0.1) is 16.4 Å². The maximum atomic E-state index is 11.4. The van der Waals surface area contributed by atoms with Gasteiger partial charge in [-0.1, -0.05) is 33.8 Å². The molecule has 1 heterocycles. The molecule has 0 saturated heterocycles. The van der Waals surface area contributed by atoms with Crippen molar-refractivity contribution in [3.8, 4) is 0 Å². The highest BCUT2D eigenvalue weighted by Gasteiger charge is 2.67.